The maximum atomic E-state index is 13.2. The lowest BCUT2D eigenvalue weighted by atomic mass is 9.43. The molecule has 1 aromatic carbocycles. The summed E-state index contributed by atoms with van der Waals surface area (Å²) in [4.78, 5) is 27.0. The molecule has 1 aromatic heterocycles. The molecule has 39 heavy (non-hydrogen) atoms. The summed E-state index contributed by atoms with van der Waals surface area (Å²) in [5.41, 5.74) is 1.55. The Bertz CT molecular complexity index is 1310. The lowest BCUT2D eigenvalue weighted by Crippen LogP contribution is -2.65. The number of likely N-dealkylation sites (tertiary alicyclic amines) is 1. The van der Waals surface area contributed by atoms with Crippen LogP contribution in [0.1, 0.15) is 58.4 Å². The standard InChI is InChI=1S/C29H36BN3O6/c1-28(2)19-14-23(28)29(3)24(15-19)38-30(39-29)25(13-18-17-36-22-9-5-4-8-21(18)22)32-27(35)37-20-7-6-12-33(16-20)26(34)10-11-31/h4-5,8-9,17,19-20,23-25H,6-7,10,12-16H2,1-3H3,(H,32,35)/t19?,20?,23?,24-,25?,29+/m1/s1. The van der Waals surface area contributed by atoms with Crippen molar-refractivity contribution in [2.75, 3.05) is 13.1 Å². The number of ether oxygens (including phenoxy) is 1. The van der Waals surface area contributed by atoms with Crippen LogP contribution in [0.3, 0.4) is 0 Å². The molecule has 0 spiro atoms. The first-order chi connectivity index (χ1) is 18.7. The van der Waals surface area contributed by atoms with Gasteiger partial charge in [-0.1, -0.05) is 32.0 Å². The highest BCUT2D eigenvalue weighted by Gasteiger charge is 2.68. The quantitative estimate of drug-likeness (QED) is 0.553. The Labute approximate surface area is 229 Å². The molecule has 6 atom stereocenters. The third-order valence-electron chi connectivity index (χ3n) is 9.84. The molecule has 2 aromatic rings. The molecule has 2 aliphatic heterocycles. The van der Waals surface area contributed by atoms with Gasteiger partial charge < -0.3 is 28.7 Å². The van der Waals surface area contributed by atoms with Gasteiger partial charge in [-0.3, -0.25) is 4.79 Å². The van der Waals surface area contributed by atoms with Gasteiger partial charge >= 0.3 is 13.2 Å². The highest BCUT2D eigenvalue weighted by atomic mass is 16.7. The molecule has 2 amide bonds. The summed E-state index contributed by atoms with van der Waals surface area (Å²) in [6.07, 6.45) is 4.47. The van der Waals surface area contributed by atoms with Gasteiger partial charge in [0.15, 0.2) is 0 Å². The van der Waals surface area contributed by atoms with Crippen LogP contribution in [0.15, 0.2) is 34.9 Å². The minimum absolute atomic E-state index is 0.0151. The van der Waals surface area contributed by atoms with Crippen LogP contribution in [0.4, 0.5) is 4.79 Å². The van der Waals surface area contributed by atoms with Gasteiger partial charge in [0.1, 0.15) is 18.1 Å². The van der Waals surface area contributed by atoms with E-state index in [1.54, 1.807) is 11.2 Å². The number of hydrogen-bond acceptors (Lipinski definition) is 7. The third-order valence-corrected chi connectivity index (χ3v) is 9.84. The monoisotopic (exact) mass is 533 g/mol. The van der Waals surface area contributed by atoms with Crippen LogP contribution >= 0.6 is 0 Å². The van der Waals surface area contributed by atoms with Crippen molar-refractivity contribution in [3.05, 3.63) is 36.1 Å². The van der Waals surface area contributed by atoms with Gasteiger partial charge in [0.05, 0.1) is 36.5 Å². The van der Waals surface area contributed by atoms with Crippen molar-refractivity contribution in [1.82, 2.24) is 10.2 Å². The summed E-state index contributed by atoms with van der Waals surface area (Å²) >= 11 is 0. The Hall–Kier alpha value is -3.03. The van der Waals surface area contributed by atoms with E-state index in [0.29, 0.717) is 44.2 Å². The normalized spacial score (nSPS) is 31.6. The van der Waals surface area contributed by atoms with E-state index in [0.717, 1.165) is 29.4 Å². The summed E-state index contributed by atoms with van der Waals surface area (Å²) in [5, 5.41) is 12.9. The number of furan rings is 1. The van der Waals surface area contributed by atoms with Crippen molar-refractivity contribution >= 4 is 30.1 Å². The maximum Gasteiger partial charge on any atom is 0.482 e. The summed E-state index contributed by atoms with van der Waals surface area (Å²) in [6, 6.07) is 9.73. The second kappa shape index (κ2) is 9.86. The van der Waals surface area contributed by atoms with Crippen LogP contribution in [0.2, 0.25) is 0 Å². The number of benzene rings is 1. The zero-order chi connectivity index (χ0) is 27.4. The number of rotatable bonds is 6. The minimum atomic E-state index is -0.628. The van der Waals surface area contributed by atoms with E-state index in [4.69, 9.17) is 23.7 Å². The number of carbonyl (C=O) groups excluding carboxylic acids is 2. The molecule has 0 radical (unpaired) electrons. The number of amides is 2. The summed E-state index contributed by atoms with van der Waals surface area (Å²) in [6.45, 7) is 7.67. The number of piperidine rings is 1. The molecular formula is C29H36BN3O6. The van der Waals surface area contributed by atoms with Gasteiger partial charge in [-0.25, -0.2) is 4.79 Å². The smallest absolute Gasteiger partial charge is 0.464 e. The Balaban J connectivity index is 1.19. The van der Waals surface area contributed by atoms with Crippen molar-refractivity contribution in [2.24, 2.45) is 17.3 Å². The first kappa shape index (κ1) is 26.2. The molecule has 7 rings (SSSR count). The summed E-state index contributed by atoms with van der Waals surface area (Å²) in [7, 11) is -0.628. The zero-order valence-electron chi connectivity index (χ0n) is 22.9. The van der Waals surface area contributed by atoms with E-state index < -0.39 is 30.9 Å². The van der Waals surface area contributed by atoms with Crippen LogP contribution in [0.5, 0.6) is 0 Å². The average Bonchev–Trinajstić information content (AvgIpc) is 3.49. The highest BCUT2D eigenvalue weighted by Crippen LogP contribution is 2.65. The first-order valence-corrected chi connectivity index (χ1v) is 14.1. The van der Waals surface area contributed by atoms with Gasteiger partial charge in [0.25, 0.3) is 0 Å². The van der Waals surface area contributed by atoms with Gasteiger partial charge in [-0.15, -0.1) is 0 Å². The average molecular weight is 533 g/mol. The molecule has 1 N–H and O–H groups in total. The molecule has 3 saturated carbocycles. The fraction of sp³-hybridized carbons (Fsp3) is 0.621. The summed E-state index contributed by atoms with van der Waals surface area (Å²) in [5.74, 6) is 0.289. The van der Waals surface area contributed by atoms with E-state index in [2.05, 4.69) is 26.1 Å². The maximum absolute atomic E-state index is 13.2. The van der Waals surface area contributed by atoms with E-state index >= 15 is 0 Å². The minimum Gasteiger partial charge on any atom is -0.464 e. The topological polar surface area (TPSA) is 114 Å². The second-order valence-electron chi connectivity index (χ2n) is 12.4. The number of para-hydroxylation sites is 1. The molecule has 2 saturated heterocycles. The molecular weight excluding hydrogens is 497 g/mol. The number of alkyl carbamates (subject to hydrolysis) is 1. The fourth-order valence-corrected chi connectivity index (χ4v) is 7.49. The van der Waals surface area contributed by atoms with E-state index in [1.807, 2.05) is 30.3 Å². The Morgan fingerprint density at radius 2 is 2.10 bits per heavy atom. The number of fused-ring (bicyclic) bond motifs is 1. The molecule has 4 unspecified atom stereocenters. The van der Waals surface area contributed by atoms with Gasteiger partial charge in [0, 0.05) is 11.9 Å². The van der Waals surface area contributed by atoms with Gasteiger partial charge in [0.2, 0.25) is 5.91 Å². The van der Waals surface area contributed by atoms with Crippen molar-refractivity contribution in [2.45, 2.75) is 83.0 Å². The molecule has 3 heterocycles. The van der Waals surface area contributed by atoms with Crippen molar-refractivity contribution < 1.29 is 28.1 Å². The van der Waals surface area contributed by atoms with Gasteiger partial charge in [-0.2, -0.15) is 5.26 Å². The SMILES string of the molecule is CC1(C)C2CC1[C@]1(C)OB(C(Cc3coc4ccccc34)NC(=O)OC3CCCN(C(=O)CC#N)C3)O[C@@H]1C2. The van der Waals surface area contributed by atoms with Crippen LogP contribution in [0, 0.1) is 28.6 Å². The predicted molar refractivity (Wildman–Crippen MR) is 143 cm³/mol. The highest BCUT2D eigenvalue weighted by molar-refractivity contribution is 6.48. The van der Waals surface area contributed by atoms with Gasteiger partial charge in [-0.05, 0) is 67.9 Å². The third kappa shape index (κ3) is 4.59. The van der Waals surface area contributed by atoms with Crippen molar-refractivity contribution in [3.8, 4) is 6.07 Å². The van der Waals surface area contributed by atoms with Crippen molar-refractivity contribution in [1.29, 1.82) is 5.26 Å². The Morgan fingerprint density at radius 3 is 2.90 bits per heavy atom. The number of nitriles is 1. The molecule has 3 aliphatic carbocycles. The van der Waals surface area contributed by atoms with Crippen LogP contribution in [-0.2, 0) is 25.3 Å². The number of hydrogen-bond donors (Lipinski definition) is 1. The van der Waals surface area contributed by atoms with E-state index in [1.165, 1.54) is 0 Å². The molecule has 5 fully saturated rings. The molecule has 5 aliphatic rings. The molecule has 206 valence electrons. The lowest BCUT2D eigenvalue weighted by Gasteiger charge is -2.64. The predicted octanol–water partition coefficient (Wildman–Crippen LogP) is 4.24. The second-order valence-corrected chi connectivity index (χ2v) is 12.4. The summed E-state index contributed by atoms with van der Waals surface area (Å²) < 4.78 is 24.8. The fourth-order valence-electron chi connectivity index (χ4n) is 7.49. The van der Waals surface area contributed by atoms with E-state index in [9.17, 15) is 9.59 Å². The van der Waals surface area contributed by atoms with Crippen LogP contribution in [-0.4, -0.2) is 60.9 Å². The molecule has 10 heteroatoms. The Kier molecular flexibility index (Phi) is 6.63. The number of nitrogens with zero attached hydrogens (tertiary/aromatic N) is 2. The molecule has 9 nitrogen and oxygen atoms in total. The van der Waals surface area contributed by atoms with Crippen LogP contribution in [0.25, 0.3) is 11.0 Å². The van der Waals surface area contributed by atoms with Crippen LogP contribution < -0.4 is 5.32 Å². The Morgan fingerprint density at radius 1 is 1.28 bits per heavy atom. The number of nitrogens with one attached hydrogen (secondary N) is 1. The number of carbonyl (C=O) groups is 2. The van der Waals surface area contributed by atoms with Crippen molar-refractivity contribution in [3.63, 3.8) is 0 Å². The zero-order valence-corrected chi connectivity index (χ0v) is 22.9. The van der Waals surface area contributed by atoms with E-state index in [-0.39, 0.29) is 23.8 Å². The largest absolute Gasteiger partial charge is 0.482 e. The first-order valence-electron chi connectivity index (χ1n) is 14.1. The lowest BCUT2D eigenvalue weighted by molar-refractivity contribution is -0.199. The molecule has 2 bridgehead atoms.